The Hall–Kier alpha value is -1.09. The quantitative estimate of drug-likeness (QED) is 0.813. The molecule has 0 aromatic carbocycles. The summed E-state index contributed by atoms with van der Waals surface area (Å²) in [7, 11) is 0. The lowest BCUT2D eigenvalue weighted by atomic mass is 9.94. The van der Waals surface area contributed by atoms with Crippen LogP contribution in [0.5, 0.6) is 0 Å². The van der Waals surface area contributed by atoms with Crippen LogP contribution in [0.4, 0.5) is 5.82 Å². The minimum Gasteiger partial charge on any atom is -0.357 e. The summed E-state index contributed by atoms with van der Waals surface area (Å²) in [5.41, 5.74) is 1.42. The van der Waals surface area contributed by atoms with E-state index < -0.39 is 0 Å². The summed E-state index contributed by atoms with van der Waals surface area (Å²) < 4.78 is 0. The van der Waals surface area contributed by atoms with E-state index in [1.165, 1.54) is 37.2 Å². The van der Waals surface area contributed by atoms with Gasteiger partial charge in [0.05, 0.1) is 0 Å². The molecule has 2 rings (SSSR count). The molecule has 1 aliphatic heterocycles. The highest BCUT2D eigenvalue weighted by atomic mass is 15.2. The third kappa shape index (κ3) is 3.14. The van der Waals surface area contributed by atoms with Crippen LogP contribution in [-0.4, -0.2) is 35.6 Å². The average molecular weight is 275 g/mol. The topological polar surface area (TPSA) is 19.4 Å². The second kappa shape index (κ2) is 7.07. The Bertz CT molecular complexity index is 412. The smallest absolute Gasteiger partial charge is 0.133 e. The third-order valence-electron chi connectivity index (χ3n) is 4.45. The van der Waals surface area contributed by atoms with Gasteiger partial charge in [0.1, 0.15) is 5.82 Å². The van der Waals surface area contributed by atoms with Crippen LogP contribution >= 0.6 is 0 Å². The van der Waals surface area contributed by atoms with E-state index in [4.69, 9.17) is 0 Å². The van der Waals surface area contributed by atoms with Crippen molar-refractivity contribution in [3.8, 4) is 0 Å². The van der Waals surface area contributed by atoms with Crippen LogP contribution < -0.4 is 4.90 Å². The number of anilines is 1. The van der Waals surface area contributed by atoms with Crippen LogP contribution in [0.1, 0.15) is 58.6 Å². The van der Waals surface area contributed by atoms with Gasteiger partial charge in [-0.05, 0) is 53.1 Å². The highest BCUT2D eigenvalue weighted by Gasteiger charge is 2.28. The van der Waals surface area contributed by atoms with Crippen molar-refractivity contribution in [3.63, 3.8) is 0 Å². The second-order valence-corrected chi connectivity index (χ2v) is 5.93. The fourth-order valence-electron chi connectivity index (χ4n) is 3.36. The molecule has 20 heavy (non-hydrogen) atoms. The number of nitrogens with zero attached hydrogens (tertiary/aromatic N) is 3. The molecular formula is C17H29N3. The molecule has 1 aromatic rings. The minimum atomic E-state index is 0.535. The molecule has 0 aliphatic carbocycles. The van der Waals surface area contributed by atoms with E-state index in [1.54, 1.807) is 0 Å². The van der Waals surface area contributed by atoms with Gasteiger partial charge in [-0.2, -0.15) is 0 Å². The van der Waals surface area contributed by atoms with Crippen molar-refractivity contribution < 1.29 is 0 Å². The minimum absolute atomic E-state index is 0.535. The fourth-order valence-corrected chi connectivity index (χ4v) is 3.36. The van der Waals surface area contributed by atoms with Crippen molar-refractivity contribution in [2.24, 2.45) is 0 Å². The molecule has 0 N–H and O–H groups in total. The van der Waals surface area contributed by atoms with Gasteiger partial charge in [-0.25, -0.2) is 4.98 Å². The maximum Gasteiger partial charge on any atom is 0.133 e. The Balaban J connectivity index is 2.35. The van der Waals surface area contributed by atoms with Gasteiger partial charge in [0.2, 0.25) is 0 Å². The van der Waals surface area contributed by atoms with Gasteiger partial charge in [0, 0.05) is 36.9 Å². The van der Waals surface area contributed by atoms with Gasteiger partial charge < -0.3 is 4.90 Å². The summed E-state index contributed by atoms with van der Waals surface area (Å²) in [5, 5.41) is 0. The Labute approximate surface area is 124 Å². The molecule has 1 saturated heterocycles. The molecule has 0 bridgehead atoms. The first-order valence-corrected chi connectivity index (χ1v) is 8.14. The highest BCUT2D eigenvalue weighted by Crippen LogP contribution is 2.36. The normalized spacial score (nSPS) is 20.4. The van der Waals surface area contributed by atoms with Crippen molar-refractivity contribution in [2.45, 2.75) is 59.0 Å². The number of rotatable bonds is 5. The summed E-state index contributed by atoms with van der Waals surface area (Å²) in [4.78, 5) is 9.71. The molecule has 0 saturated carbocycles. The van der Waals surface area contributed by atoms with Crippen LogP contribution in [0.2, 0.25) is 0 Å². The van der Waals surface area contributed by atoms with Gasteiger partial charge in [-0.3, -0.25) is 4.90 Å². The van der Waals surface area contributed by atoms with Crippen LogP contribution in [0.15, 0.2) is 18.3 Å². The molecule has 1 fully saturated rings. The number of pyridine rings is 1. The lowest BCUT2D eigenvalue weighted by Gasteiger charge is -2.40. The molecule has 1 aliphatic rings. The Morgan fingerprint density at radius 1 is 1.30 bits per heavy atom. The molecular weight excluding hydrogens is 246 g/mol. The molecule has 0 unspecified atom stereocenters. The largest absolute Gasteiger partial charge is 0.357 e. The SMILES string of the molecule is CCN(CC)c1ncccc1[C@@H]1CCCCN1C(C)C. The number of aromatic nitrogens is 1. The number of hydrogen-bond acceptors (Lipinski definition) is 3. The maximum absolute atomic E-state index is 4.69. The molecule has 0 radical (unpaired) electrons. The molecule has 3 nitrogen and oxygen atoms in total. The molecule has 2 heterocycles. The van der Waals surface area contributed by atoms with Crippen LogP contribution in [-0.2, 0) is 0 Å². The van der Waals surface area contributed by atoms with Crippen LogP contribution in [0, 0.1) is 0 Å². The summed E-state index contributed by atoms with van der Waals surface area (Å²) in [6, 6.07) is 5.51. The van der Waals surface area contributed by atoms with Gasteiger partial charge in [-0.15, -0.1) is 0 Å². The molecule has 0 spiro atoms. The van der Waals surface area contributed by atoms with Crippen molar-refractivity contribution >= 4 is 5.82 Å². The van der Waals surface area contributed by atoms with Gasteiger partial charge in [0.25, 0.3) is 0 Å². The number of piperidine rings is 1. The van der Waals surface area contributed by atoms with Crippen molar-refractivity contribution in [1.29, 1.82) is 0 Å². The predicted octanol–water partition coefficient (Wildman–Crippen LogP) is 3.86. The fraction of sp³-hybridized carbons (Fsp3) is 0.706. The van der Waals surface area contributed by atoms with Gasteiger partial charge >= 0.3 is 0 Å². The monoisotopic (exact) mass is 275 g/mol. The standard InChI is InChI=1S/C17H29N3/c1-5-19(6-2)17-15(10-9-12-18-17)16-11-7-8-13-20(16)14(3)4/h9-10,12,14,16H,5-8,11,13H2,1-4H3/t16-/m0/s1. The Morgan fingerprint density at radius 2 is 2.05 bits per heavy atom. The number of likely N-dealkylation sites (tertiary alicyclic amines) is 1. The van der Waals surface area contributed by atoms with E-state index in [-0.39, 0.29) is 0 Å². The summed E-state index contributed by atoms with van der Waals surface area (Å²) >= 11 is 0. The van der Waals surface area contributed by atoms with E-state index in [2.05, 4.69) is 54.6 Å². The lowest BCUT2D eigenvalue weighted by molar-refractivity contribution is 0.112. The maximum atomic E-state index is 4.69. The zero-order valence-corrected chi connectivity index (χ0v) is 13.5. The van der Waals surface area contributed by atoms with E-state index in [1.807, 2.05) is 6.20 Å². The molecule has 112 valence electrons. The second-order valence-electron chi connectivity index (χ2n) is 5.93. The Kier molecular flexibility index (Phi) is 5.41. The molecule has 0 amide bonds. The van der Waals surface area contributed by atoms with E-state index >= 15 is 0 Å². The van der Waals surface area contributed by atoms with E-state index in [9.17, 15) is 0 Å². The van der Waals surface area contributed by atoms with E-state index in [0.29, 0.717) is 12.1 Å². The molecule has 3 heteroatoms. The molecule has 1 aromatic heterocycles. The number of hydrogen-bond donors (Lipinski definition) is 0. The zero-order valence-electron chi connectivity index (χ0n) is 13.5. The highest BCUT2D eigenvalue weighted by molar-refractivity contribution is 5.48. The predicted molar refractivity (Wildman–Crippen MR) is 86.2 cm³/mol. The van der Waals surface area contributed by atoms with Crippen molar-refractivity contribution in [1.82, 2.24) is 9.88 Å². The van der Waals surface area contributed by atoms with E-state index in [0.717, 1.165) is 13.1 Å². The van der Waals surface area contributed by atoms with Crippen LogP contribution in [0.3, 0.4) is 0 Å². The van der Waals surface area contributed by atoms with Crippen molar-refractivity contribution in [3.05, 3.63) is 23.9 Å². The van der Waals surface area contributed by atoms with Gasteiger partial charge in [-0.1, -0.05) is 12.5 Å². The van der Waals surface area contributed by atoms with Crippen LogP contribution in [0.25, 0.3) is 0 Å². The lowest BCUT2D eigenvalue weighted by Crippen LogP contribution is -2.39. The van der Waals surface area contributed by atoms with Gasteiger partial charge in [0.15, 0.2) is 0 Å². The first-order valence-electron chi connectivity index (χ1n) is 8.14. The summed E-state index contributed by atoms with van der Waals surface area (Å²) in [5.74, 6) is 1.19. The summed E-state index contributed by atoms with van der Waals surface area (Å²) in [6.45, 7) is 12.3. The van der Waals surface area contributed by atoms with Crippen molar-refractivity contribution in [2.75, 3.05) is 24.5 Å². The third-order valence-corrected chi connectivity index (χ3v) is 4.45. The first kappa shape index (κ1) is 15.3. The summed E-state index contributed by atoms with van der Waals surface area (Å²) in [6.07, 6.45) is 5.86. The average Bonchev–Trinajstić information content (AvgIpc) is 2.49. The Morgan fingerprint density at radius 3 is 2.70 bits per heavy atom. The molecule has 1 atom stereocenters. The first-order chi connectivity index (χ1) is 9.69. The zero-order chi connectivity index (χ0) is 14.5.